The van der Waals surface area contributed by atoms with Crippen molar-refractivity contribution in [3.63, 3.8) is 0 Å². The summed E-state index contributed by atoms with van der Waals surface area (Å²) in [5.74, 6) is 0.739. The first-order valence-electron chi connectivity index (χ1n) is 5.91. The van der Waals surface area contributed by atoms with Gasteiger partial charge in [-0.3, -0.25) is 0 Å². The lowest BCUT2D eigenvalue weighted by atomic mass is 10.3. The van der Waals surface area contributed by atoms with Crippen LogP contribution in [-0.2, 0) is 11.3 Å². The van der Waals surface area contributed by atoms with Crippen LogP contribution in [0.15, 0.2) is 30.3 Å². The van der Waals surface area contributed by atoms with Gasteiger partial charge in [-0.2, -0.15) is 8.78 Å². The smallest absolute Gasteiger partial charge is 0.387 e. The van der Waals surface area contributed by atoms with Crippen LogP contribution in [-0.4, -0.2) is 23.7 Å². The van der Waals surface area contributed by atoms with E-state index in [0.29, 0.717) is 17.3 Å². The van der Waals surface area contributed by atoms with Crippen LogP contribution in [0, 0.1) is 0 Å². The van der Waals surface area contributed by atoms with E-state index in [0.717, 1.165) is 0 Å². The number of para-hydroxylation sites is 2. The highest BCUT2D eigenvalue weighted by Crippen LogP contribution is 2.28. The molecule has 1 aromatic heterocycles. The van der Waals surface area contributed by atoms with E-state index < -0.39 is 6.61 Å². The molecule has 0 saturated heterocycles. The Morgan fingerprint density at radius 2 is 2.05 bits per heavy atom. The fourth-order valence-electron chi connectivity index (χ4n) is 1.63. The van der Waals surface area contributed by atoms with Crippen LogP contribution >= 0.6 is 11.6 Å². The van der Waals surface area contributed by atoms with Gasteiger partial charge in [-0.25, -0.2) is 9.97 Å². The summed E-state index contributed by atoms with van der Waals surface area (Å²) < 4.78 is 34.1. The average Bonchev–Trinajstić information content (AvgIpc) is 2.40. The number of nitrogens with zero attached hydrogens (tertiary/aromatic N) is 2. The summed E-state index contributed by atoms with van der Waals surface area (Å²) in [4.78, 5) is 8.14. The molecule has 0 radical (unpaired) electrons. The van der Waals surface area contributed by atoms with Crippen LogP contribution in [0.25, 0.3) is 0 Å². The van der Waals surface area contributed by atoms with Gasteiger partial charge in [-0.15, -0.1) is 0 Å². The Morgan fingerprint density at radius 3 is 2.76 bits per heavy atom. The van der Waals surface area contributed by atoms with Gasteiger partial charge < -0.3 is 14.8 Å². The highest BCUT2D eigenvalue weighted by atomic mass is 35.5. The zero-order valence-electron chi connectivity index (χ0n) is 11.0. The van der Waals surface area contributed by atoms with Crippen molar-refractivity contribution in [2.24, 2.45) is 0 Å². The Balaban J connectivity index is 2.25. The van der Waals surface area contributed by atoms with Gasteiger partial charge in [-0.1, -0.05) is 23.7 Å². The number of aromatic nitrogens is 2. The Labute approximate surface area is 124 Å². The van der Waals surface area contributed by atoms with Gasteiger partial charge >= 0.3 is 6.61 Å². The summed E-state index contributed by atoms with van der Waals surface area (Å²) in [5, 5.41) is 3.08. The van der Waals surface area contributed by atoms with Crippen LogP contribution in [0.3, 0.4) is 0 Å². The lowest BCUT2D eigenvalue weighted by molar-refractivity contribution is -0.0493. The number of halogens is 3. The summed E-state index contributed by atoms with van der Waals surface area (Å²) in [5.41, 5.74) is 0.343. The molecule has 0 aliphatic heterocycles. The van der Waals surface area contributed by atoms with Crippen LogP contribution in [0.5, 0.6) is 5.75 Å². The van der Waals surface area contributed by atoms with Crippen molar-refractivity contribution < 1.29 is 18.3 Å². The van der Waals surface area contributed by atoms with E-state index in [1.807, 2.05) is 0 Å². The second-order valence-corrected chi connectivity index (χ2v) is 4.31. The van der Waals surface area contributed by atoms with Gasteiger partial charge in [0.05, 0.1) is 5.69 Å². The quantitative estimate of drug-likeness (QED) is 0.825. The molecule has 0 aliphatic rings. The number of anilines is 2. The number of nitrogens with one attached hydrogen (secondary N) is 1. The predicted molar refractivity (Wildman–Crippen MR) is 74.1 cm³/mol. The number of hydrogen-bond acceptors (Lipinski definition) is 5. The molecule has 5 nitrogen and oxygen atoms in total. The molecule has 8 heteroatoms. The standard InChI is InChI=1S/C13H12ClF2N3O2/c1-20-7-12-18-10(14)6-11(19-12)17-8-4-2-3-5-9(8)21-13(15)16/h2-6,13H,7H2,1H3,(H,17,18,19). The van der Waals surface area contributed by atoms with E-state index in [-0.39, 0.29) is 17.5 Å². The first kappa shape index (κ1) is 15.4. The molecule has 21 heavy (non-hydrogen) atoms. The molecule has 112 valence electrons. The first-order valence-corrected chi connectivity index (χ1v) is 6.29. The summed E-state index contributed by atoms with van der Waals surface area (Å²) in [6.07, 6.45) is 0. The van der Waals surface area contributed by atoms with E-state index in [1.54, 1.807) is 18.2 Å². The summed E-state index contributed by atoms with van der Waals surface area (Å²) in [6.45, 7) is -2.73. The number of alkyl halides is 2. The number of methoxy groups -OCH3 is 1. The summed E-state index contributed by atoms with van der Waals surface area (Å²) >= 11 is 5.88. The molecule has 0 spiro atoms. The van der Waals surface area contributed by atoms with Crippen molar-refractivity contribution >= 4 is 23.1 Å². The Morgan fingerprint density at radius 1 is 1.29 bits per heavy atom. The van der Waals surface area contributed by atoms with Gasteiger partial charge in [-0.05, 0) is 12.1 Å². The molecular weight excluding hydrogens is 304 g/mol. The zero-order chi connectivity index (χ0) is 15.2. The second-order valence-electron chi connectivity index (χ2n) is 3.92. The van der Waals surface area contributed by atoms with Crippen molar-refractivity contribution in [2.75, 3.05) is 12.4 Å². The maximum Gasteiger partial charge on any atom is 0.387 e. The van der Waals surface area contributed by atoms with E-state index >= 15 is 0 Å². The highest BCUT2D eigenvalue weighted by molar-refractivity contribution is 6.29. The minimum atomic E-state index is -2.91. The van der Waals surface area contributed by atoms with Gasteiger partial charge in [0, 0.05) is 13.2 Å². The molecule has 0 unspecified atom stereocenters. The third-order valence-corrected chi connectivity index (χ3v) is 2.57. The first-order chi connectivity index (χ1) is 10.1. The lowest BCUT2D eigenvalue weighted by Gasteiger charge is -2.12. The summed E-state index contributed by atoms with van der Waals surface area (Å²) in [7, 11) is 1.50. The average molecular weight is 316 g/mol. The van der Waals surface area contributed by atoms with Crippen molar-refractivity contribution in [3.8, 4) is 5.75 Å². The van der Waals surface area contributed by atoms with E-state index in [1.165, 1.54) is 19.2 Å². The monoisotopic (exact) mass is 315 g/mol. The van der Waals surface area contributed by atoms with Crippen molar-refractivity contribution in [1.82, 2.24) is 9.97 Å². The number of rotatable bonds is 6. The molecular formula is C13H12ClF2N3O2. The highest BCUT2D eigenvalue weighted by Gasteiger charge is 2.10. The third-order valence-electron chi connectivity index (χ3n) is 2.38. The maximum absolute atomic E-state index is 12.4. The number of hydrogen-bond donors (Lipinski definition) is 1. The third kappa shape index (κ3) is 4.51. The molecule has 0 aliphatic carbocycles. The predicted octanol–water partition coefficient (Wildman–Crippen LogP) is 3.62. The van der Waals surface area contributed by atoms with Gasteiger partial charge in [0.25, 0.3) is 0 Å². The molecule has 1 N–H and O–H groups in total. The van der Waals surface area contributed by atoms with Crippen LogP contribution in [0.2, 0.25) is 5.15 Å². The minimum Gasteiger partial charge on any atom is -0.433 e. The molecule has 0 fully saturated rings. The molecule has 2 rings (SSSR count). The molecule has 1 aromatic carbocycles. The van der Waals surface area contributed by atoms with Crippen molar-refractivity contribution in [1.29, 1.82) is 0 Å². The minimum absolute atomic E-state index is 0.00975. The molecule has 0 saturated carbocycles. The Hall–Kier alpha value is -1.99. The van der Waals surface area contributed by atoms with Crippen molar-refractivity contribution in [2.45, 2.75) is 13.2 Å². The topological polar surface area (TPSA) is 56.3 Å². The molecule has 0 atom stereocenters. The Bertz CT molecular complexity index is 614. The molecule has 1 heterocycles. The normalized spacial score (nSPS) is 10.7. The zero-order valence-corrected chi connectivity index (χ0v) is 11.8. The Kier molecular flexibility index (Phi) is 5.24. The summed E-state index contributed by atoms with van der Waals surface area (Å²) in [6, 6.07) is 7.75. The van der Waals surface area contributed by atoms with Gasteiger partial charge in [0.1, 0.15) is 23.3 Å². The van der Waals surface area contributed by atoms with E-state index in [2.05, 4.69) is 20.0 Å². The van der Waals surface area contributed by atoms with Gasteiger partial charge in [0.2, 0.25) is 0 Å². The SMILES string of the molecule is COCc1nc(Cl)cc(Nc2ccccc2OC(F)F)n1. The fraction of sp³-hybridized carbons (Fsp3) is 0.231. The number of benzene rings is 1. The van der Waals surface area contributed by atoms with Crippen molar-refractivity contribution in [3.05, 3.63) is 41.3 Å². The van der Waals surface area contributed by atoms with E-state index in [4.69, 9.17) is 16.3 Å². The molecule has 0 amide bonds. The number of ether oxygens (including phenoxy) is 2. The van der Waals surface area contributed by atoms with Gasteiger partial charge in [0.15, 0.2) is 5.82 Å². The largest absolute Gasteiger partial charge is 0.433 e. The van der Waals surface area contributed by atoms with E-state index in [9.17, 15) is 8.78 Å². The lowest BCUT2D eigenvalue weighted by Crippen LogP contribution is -2.06. The fourth-order valence-corrected chi connectivity index (χ4v) is 1.83. The molecule has 2 aromatic rings. The van der Waals surface area contributed by atoms with Crippen LogP contribution in [0.4, 0.5) is 20.3 Å². The van der Waals surface area contributed by atoms with Crippen LogP contribution in [0.1, 0.15) is 5.82 Å². The molecule has 0 bridgehead atoms. The maximum atomic E-state index is 12.4. The van der Waals surface area contributed by atoms with Crippen LogP contribution < -0.4 is 10.1 Å². The second kappa shape index (κ2) is 7.14.